The SMILES string of the molecule is COC(=O)C1=C(O)CCC2(C1)SCCCS2. The summed E-state index contributed by atoms with van der Waals surface area (Å²) >= 11 is 3.86. The lowest BCUT2D eigenvalue weighted by Gasteiger charge is -2.39. The normalized spacial score (nSPS) is 24.6. The molecule has 3 nitrogen and oxygen atoms in total. The number of carbonyl (C=O) groups excluding carboxylic acids is 1. The molecule has 1 fully saturated rings. The van der Waals surface area contributed by atoms with Crippen molar-refractivity contribution in [3.8, 4) is 0 Å². The van der Waals surface area contributed by atoms with Gasteiger partial charge in [0.2, 0.25) is 0 Å². The molecular formula is C11H16O3S2. The molecule has 0 aromatic heterocycles. The van der Waals surface area contributed by atoms with Gasteiger partial charge < -0.3 is 9.84 Å². The first-order valence-corrected chi connectivity index (χ1v) is 7.41. The van der Waals surface area contributed by atoms with Crippen LogP contribution in [0.25, 0.3) is 0 Å². The molecule has 0 saturated carbocycles. The number of hydrogen-bond donors (Lipinski definition) is 1. The van der Waals surface area contributed by atoms with Crippen molar-refractivity contribution in [2.75, 3.05) is 18.6 Å². The van der Waals surface area contributed by atoms with E-state index in [1.54, 1.807) is 0 Å². The number of aliphatic hydroxyl groups is 1. The van der Waals surface area contributed by atoms with E-state index in [1.807, 2.05) is 23.5 Å². The number of ether oxygens (including phenoxy) is 1. The Balaban J connectivity index is 2.16. The molecular weight excluding hydrogens is 244 g/mol. The summed E-state index contributed by atoms with van der Waals surface area (Å²) in [6, 6.07) is 0. The Morgan fingerprint density at radius 1 is 1.44 bits per heavy atom. The molecule has 1 aliphatic carbocycles. The minimum atomic E-state index is -0.372. The molecule has 0 unspecified atom stereocenters. The van der Waals surface area contributed by atoms with Gasteiger partial charge in [-0.1, -0.05) is 0 Å². The zero-order valence-corrected chi connectivity index (χ0v) is 11.0. The fraction of sp³-hybridized carbons (Fsp3) is 0.727. The van der Waals surface area contributed by atoms with Gasteiger partial charge >= 0.3 is 5.97 Å². The van der Waals surface area contributed by atoms with Crippen LogP contribution in [0.4, 0.5) is 0 Å². The highest BCUT2D eigenvalue weighted by molar-refractivity contribution is 8.18. The maximum atomic E-state index is 11.5. The second kappa shape index (κ2) is 4.92. The predicted octanol–water partition coefficient (Wildman–Crippen LogP) is 2.72. The number of thioether (sulfide) groups is 2. The van der Waals surface area contributed by atoms with Crippen molar-refractivity contribution in [2.45, 2.75) is 29.8 Å². The highest BCUT2D eigenvalue weighted by Crippen LogP contribution is 2.52. The molecule has 0 aromatic rings. The fourth-order valence-corrected chi connectivity index (χ4v) is 5.42. The Kier molecular flexibility index (Phi) is 3.74. The minimum Gasteiger partial charge on any atom is -0.512 e. The molecule has 1 saturated heterocycles. The number of rotatable bonds is 1. The van der Waals surface area contributed by atoms with Crippen molar-refractivity contribution in [1.82, 2.24) is 0 Å². The van der Waals surface area contributed by atoms with Crippen molar-refractivity contribution in [3.63, 3.8) is 0 Å². The topological polar surface area (TPSA) is 46.5 Å². The zero-order valence-electron chi connectivity index (χ0n) is 9.32. The van der Waals surface area contributed by atoms with Gasteiger partial charge in [-0.3, -0.25) is 0 Å². The van der Waals surface area contributed by atoms with E-state index in [2.05, 4.69) is 0 Å². The lowest BCUT2D eigenvalue weighted by Crippen LogP contribution is -2.31. The first-order valence-electron chi connectivity index (χ1n) is 5.44. The molecule has 0 radical (unpaired) electrons. The van der Waals surface area contributed by atoms with E-state index < -0.39 is 0 Å². The Morgan fingerprint density at radius 3 is 2.75 bits per heavy atom. The maximum absolute atomic E-state index is 11.5. The quantitative estimate of drug-likeness (QED) is 0.735. The lowest BCUT2D eigenvalue weighted by molar-refractivity contribution is -0.136. The van der Waals surface area contributed by atoms with Gasteiger partial charge in [0.1, 0.15) is 5.76 Å². The summed E-state index contributed by atoms with van der Waals surface area (Å²) < 4.78 is 4.82. The number of allylic oxidation sites excluding steroid dienone is 1. The van der Waals surface area contributed by atoms with E-state index in [1.165, 1.54) is 13.5 Å². The second-order valence-corrected chi connectivity index (χ2v) is 7.27. The highest BCUT2D eigenvalue weighted by Gasteiger charge is 2.40. The molecule has 0 atom stereocenters. The predicted molar refractivity (Wildman–Crippen MR) is 67.8 cm³/mol. The third-order valence-electron chi connectivity index (χ3n) is 2.99. The van der Waals surface area contributed by atoms with Gasteiger partial charge in [0.05, 0.1) is 16.8 Å². The highest BCUT2D eigenvalue weighted by atomic mass is 32.2. The van der Waals surface area contributed by atoms with Gasteiger partial charge in [-0.05, 0) is 24.3 Å². The minimum absolute atomic E-state index is 0.105. The summed E-state index contributed by atoms with van der Waals surface area (Å²) in [6.07, 6.45) is 3.43. The molecule has 0 bridgehead atoms. The molecule has 1 aliphatic heterocycles. The summed E-state index contributed by atoms with van der Waals surface area (Å²) in [6.45, 7) is 0. The van der Waals surface area contributed by atoms with Crippen molar-refractivity contribution in [3.05, 3.63) is 11.3 Å². The Labute approximate surface area is 104 Å². The van der Waals surface area contributed by atoms with Crippen LogP contribution in [0.2, 0.25) is 0 Å². The smallest absolute Gasteiger partial charge is 0.337 e. The molecule has 16 heavy (non-hydrogen) atoms. The van der Waals surface area contributed by atoms with E-state index >= 15 is 0 Å². The molecule has 5 heteroatoms. The Morgan fingerprint density at radius 2 is 2.12 bits per heavy atom. The van der Waals surface area contributed by atoms with Crippen LogP contribution < -0.4 is 0 Å². The first kappa shape index (κ1) is 12.2. The van der Waals surface area contributed by atoms with Gasteiger partial charge in [0.15, 0.2) is 0 Å². The summed E-state index contributed by atoms with van der Waals surface area (Å²) in [7, 11) is 1.37. The van der Waals surface area contributed by atoms with E-state index in [0.29, 0.717) is 18.4 Å². The van der Waals surface area contributed by atoms with Crippen LogP contribution in [-0.2, 0) is 9.53 Å². The van der Waals surface area contributed by atoms with E-state index in [-0.39, 0.29) is 15.8 Å². The van der Waals surface area contributed by atoms with Crippen LogP contribution >= 0.6 is 23.5 Å². The van der Waals surface area contributed by atoms with Crippen LogP contribution in [0.5, 0.6) is 0 Å². The number of methoxy groups -OCH3 is 1. The molecule has 2 rings (SSSR count). The monoisotopic (exact) mass is 260 g/mol. The molecule has 90 valence electrons. The summed E-state index contributed by atoms with van der Waals surface area (Å²) in [4.78, 5) is 11.5. The zero-order chi connectivity index (χ0) is 11.6. The lowest BCUT2D eigenvalue weighted by atomic mass is 9.96. The third kappa shape index (κ3) is 2.35. The van der Waals surface area contributed by atoms with Crippen LogP contribution in [0.3, 0.4) is 0 Å². The molecule has 1 heterocycles. The average molecular weight is 260 g/mol. The Hall–Kier alpha value is -0.290. The van der Waals surface area contributed by atoms with Crippen LogP contribution in [0, 0.1) is 0 Å². The van der Waals surface area contributed by atoms with Gasteiger partial charge in [-0.2, -0.15) is 0 Å². The number of carbonyl (C=O) groups is 1. The molecule has 0 aromatic carbocycles. The van der Waals surface area contributed by atoms with E-state index in [4.69, 9.17) is 4.74 Å². The van der Waals surface area contributed by atoms with E-state index in [0.717, 1.165) is 17.9 Å². The fourth-order valence-electron chi connectivity index (χ4n) is 2.10. The van der Waals surface area contributed by atoms with Crippen LogP contribution in [0.1, 0.15) is 25.7 Å². The molecule has 1 N–H and O–H groups in total. The Bertz CT molecular complexity index is 319. The largest absolute Gasteiger partial charge is 0.512 e. The first-order chi connectivity index (χ1) is 7.67. The van der Waals surface area contributed by atoms with Crippen molar-refractivity contribution in [1.29, 1.82) is 0 Å². The number of aliphatic hydroxyl groups excluding tert-OH is 1. The van der Waals surface area contributed by atoms with Crippen LogP contribution in [0.15, 0.2) is 11.3 Å². The summed E-state index contributed by atoms with van der Waals surface area (Å²) in [5, 5.41) is 9.74. The summed E-state index contributed by atoms with van der Waals surface area (Å²) in [5.41, 5.74) is 0.482. The standard InChI is InChI=1S/C11H16O3S2/c1-14-10(13)8-7-11(4-3-9(8)12)15-5-2-6-16-11/h12H,2-7H2,1H3. The average Bonchev–Trinajstić information content (AvgIpc) is 2.33. The van der Waals surface area contributed by atoms with Crippen molar-refractivity contribution in [2.24, 2.45) is 0 Å². The van der Waals surface area contributed by atoms with Crippen LogP contribution in [-0.4, -0.2) is 33.8 Å². The van der Waals surface area contributed by atoms with Gasteiger partial charge in [0.25, 0.3) is 0 Å². The molecule has 0 amide bonds. The number of esters is 1. The van der Waals surface area contributed by atoms with E-state index in [9.17, 15) is 9.90 Å². The van der Waals surface area contributed by atoms with Gasteiger partial charge in [-0.15, -0.1) is 23.5 Å². The van der Waals surface area contributed by atoms with Gasteiger partial charge in [0, 0.05) is 12.8 Å². The third-order valence-corrected chi connectivity index (χ3v) is 6.43. The van der Waals surface area contributed by atoms with Crippen molar-refractivity contribution < 1.29 is 14.6 Å². The van der Waals surface area contributed by atoms with Gasteiger partial charge in [-0.25, -0.2) is 4.79 Å². The number of hydrogen-bond acceptors (Lipinski definition) is 5. The molecule has 1 spiro atoms. The van der Waals surface area contributed by atoms with Crippen molar-refractivity contribution >= 4 is 29.5 Å². The maximum Gasteiger partial charge on any atom is 0.337 e. The summed E-state index contributed by atoms with van der Waals surface area (Å²) in [5.74, 6) is 2.16. The second-order valence-electron chi connectivity index (χ2n) is 4.05. The molecule has 2 aliphatic rings.